The van der Waals surface area contributed by atoms with E-state index in [-0.39, 0.29) is 29.0 Å². The molecule has 1 heterocycles. The zero-order chi connectivity index (χ0) is 33.2. The van der Waals surface area contributed by atoms with Gasteiger partial charge in [-0.2, -0.15) is 0 Å². The first kappa shape index (κ1) is 32.7. The van der Waals surface area contributed by atoms with Crippen molar-refractivity contribution in [2.24, 2.45) is 51.8 Å². The number of fused-ring (bicyclic) bond motifs is 7. The van der Waals surface area contributed by atoms with Crippen LogP contribution in [0.2, 0.25) is 0 Å². The van der Waals surface area contributed by atoms with Crippen LogP contribution >= 0.6 is 0 Å². The summed E-state index contributed by atoms with van der Waals surface area (Å²) in [7, 11) is 0. The summed E-state index contributed by atoms with van der Waals surface area (Å²) < 4.78 is 4.54. The number of nitrogens with zero attached hydrogens (tertiary/aromatic N) is 2. The monoisotopic (exact) mass is 641 g/mol. The average molecular weight is 642 g/mol. The number of likely N-dealkylation sites (tertiary alicyclic amines) is 1. The highest BCUT2D eigenvalue weighted by molar-refractivity contribution is 5.90. The van der Waals surface area contributed by atoms with Gasteiger partial charge >= 0.3 is 12.0 Å². The molecule has 4 saturated carbocycles. The average Bonchev–Trinajstić information content (AvgIpc) is 3.48. The van der Waals surface area contributed by atoms with Gasteiger partial charge in [0, 0.05) is 25.2 Å². The van der Waals surface area contributed by atoms with Crippen LogP contribution < -0.4 is 5.32 Å². The van der Waals surface area contributed by atoms with Crippen LogP contribution in [0.25, 0.3) is 5.57 Å². The summed E-state index contributed by atoms with van der Waals surface area (Å²) in [6, 6.07) is 7.75. The highest BCUT2D eigenvalue weighted by atomic mass is 16.5. The molecule has 7 nitrogen and oxygen atoms in total. The third kappa shape index (κ3) is 5.15. The van der Waals surface area contributed by atoms with Gasteiger partial charge in [0.25, 0.3) is 6.26 Å². The largest absolute Gasteiger partial charge is 0.396 e. The van der Waals surface area contributed by atoms with E-state index in [0.29, 0.717) is 40.6 Å². The molecule has 7 rings (SSSR count). The fourth-order valence-corrected chi connectivity index (χ4v) is 13.0. The van der Waals surface area contributed by atoms with Crippen molar-refractivity contribution in [2.45, 2.75) is 110 Å². The summed E-state index contributed by atoms with van der Waals surface area (Å²) in [4.78, 5) is 27.7. The molecule has 1 saturated heterocycles. The molecule has 2 N–H and O–H groups in total. The molecule has 5 aliphatic carbocycles. The molecule has 0 radical (unpaired) electrons. The second-order valence-electron chi connectivity index (χ2n) is 17.3. The number of urea groups is 1. The number of hydrogen-bond donors (Lipinski definition) is 2. The molecular weight excluding hydrogens is 586 g/mol. The number of carbonyl (C=O) groups excluding carboxylic acids is 2. The van der Waals surface area contributed by atoms with Gasteiger partial charge in [0.2, 0.25) is 0 Å². The van der Waals surface area contributed by atoms with E-state index in [1.807, 2.05) is 17.0 Å². The molecule has 8 unspecified atom stereocenters. The Balaban J connectivity index is 1.09. The molecular formula is C40H55N3O4. The lowest BCUT2D eigenvalue weighted by atomic mass is 9.37. The second-order valence-corrected chi connectivity index (χ2v) is 17.3. The number of hydrogen-bond acceptors (Lipinski definition) is 5. The van der Waals surface area contributed by atoms with E-state index in [9.17, 15) is 14.7 Å². The van der Waals surface area contributed by atoms with Crippen molar-refractivity contribution in [3.8, 4) is 6.26 Å². The third-order valence-corrected chi connectivity index (χ3v) is 15.2. The number of aliphatic hydroxyl groups is 1. The number of carbonyl (C=O) groups is 2. The van der Waals surface area contributed by atoms with E-state index in [0.717, 1.165) is 56.7 Å². The third-order valence-electron chi connectivity index (χ3n) is 15.2. The van der Waals surface area contributed by atoms with E-state index in [2.05, 4.69) is 43.8 Å². The van der Waals surface area contributed by atoms with E-state index >= 15 is 0 Å². The van der Waals surface area contributed by atoms with Gasteiger partial charge in [-0.15, -0.1) is 5.26 Å². The molecule has 8 atom stereocenters. The zero-order valence-electron chi connectivity index (χ0n) is 29.0. The Morgan fingerprint density at radius 3 is 2.36 bits per heavy atom. The smallest absolute Gasteiger partial charge is 0.353 e. The van der Waals surface area contributed by atoms with Gasteiger partial charge in [-0.25, -0.2) is 9.59 Å². The summed E-state index contributed by atoms with van der Waals surface area (Å²) in [6.07, 6.45) is 17.9. The molecule has 0 spiro atoms. The molecule has 2 amide bonds. The Labute approximate surface area is 281 Å². The minimum atomic E-state index is -0.607. The minimum Gasteiger partial charge on any atom is -0.396 e. The molecule has 1 aromatic rings. The summed E-state index contributed by atoms with van der Waals surface area (Å²) in [6.45, 7) is 11.9. The molecule has 254 valence electrons. The summed E-state index contributed by atoms with van der Waals surface area (Å²) in [5.41, 5.74) is 3.46. The number of amides is 2. The first-order chi connectivity index (χ1) is 22.5. The Bertz CT molecular complexity index is 1450. The van der Waals surface area contributed by atoms with Gasteiger partial charge in [0.15, 0.2) is 0 Å². The number of esters is 1. The Hall–Kier alpha value is -2.85. The van der Waals surface area contributed by atoms with E-state index < -0.39 is 5.97 Å². The summed E-state index contributed by atoms with van der Waals surface area (Å²) in [5.74, 6) is 3.01. The number of benzene rings is 1. The number of ether oxygens (including phenoxy) is 1. The SMILES string of the molecule is CC1(C)C(c2ccc(C(=O)OC#N)cc2)=CCC2(C)C1CCC1(C)C3CCC4(NC(=O)N5CCC(CO)CC5)CCCC4C3CCC12. The lowest BCUT2D eigenvalue weighted by Gasteiger charge is -2.68. The van der Waals surface area contributed by atoms with Crippen LogP contribution in [0.4, 0.5) is 4.79 Å². The predicted molar refractivity (Wildman–Crippen MR) is 182 cm³/mol. The van der Waals surface area contributed by atoms with Crippen LogP contribution in [0.15, 0.2) is 30.3 Å². The number of piperidine rings is 1. The van der Waals surface area contributed by atoms with Crippen molar-refractivity contribution >= 4 is 17.6 Å². The predicted octanol–water partition coefficient (Wildman–Crippen LogP) is 7.95. The number of aliphatic hydroxyl groups excluding tert-OH is 1. The molecule has 6 aliphatic rings. The molecule has 0 bridgehead atoms. The van der Waals surface area contributed by atoms with Gasteiger partial charge in [-0.1, -0.05) is 52.3 Å². The van der Waals surface area contributed by atoms with Gasteiger partial charge in [-0.3, -0.25) is 0 Å². The van der Waals surface area contributed by atoms with Crippen molar-refractivity contribution in [3.05, 3.63) is 41.5 Å². The van der Waals surface area contributed by atoms with Crippen molar-refractivity contribution < 1.29 is 19.4 Å². The van der Waals surface area contributed by atoms with E-state index in [1.165, 1.54) is 56.8 Å². The quantitative estimate of drug-likeness (QED) is 0.257. The van der Waals surface area contributed by atoms with E-state index in [1.54, 1.807) is 12.1 Å². The molecule has 7 heteroatoms. The van der Waals surface area contributed by atoms with Crippen LogP contribution in [-0.4, -0.2) is 47.2 Å². The molecule has 1 aromatic carbocycles. The van der Waals surface area contributed by atoms with Crippen molar-refractivity contribution in [1.82, 2.24) is 10.2 Å². The van der Waals surface area contributed by atoms with Gasteiger partial charge in [-0.05, 0) is 146 Å². The van der Waals surface area contributed by atoms with Crippen molar-refractivity contribution in [1.29, 1.82) is 5.26 Å². The van der Waals surface area contributed by atoms with Crippen LogP contribution in [-0.2, 0) is 4.74 Å². The maximum Gasteiger partial charge on any atom is 0.353 e. The number of rotatable bonds is 4. The summed E-state index contributed by atoms with van der Waals surface area (Å²) in [5, 5.41) is 22.0. The maximum absolute atomic E-state index is 13.6. The molecule has 47 heavy (non-hydrogen) atoms. The topological polar surface area (TPSA) is 103 Å². The Kier molecular flexibility index (Phi) is 8.30. The number of allylic oxidation sites excluding steroid dienone is 2. The summed E-state index contributed by atoms with van der Waals surface area (Å²) >= 11 is 0. The standard InChI is InChI=1S/C40H55N3O4/c1-37(2)30(27-7-9-28(10-8-27)35(45)47-25-41)13-19-39(4)33(37)15-20-38(3)31-14-21-40(18-5-6-32(40)29(31)11-12-34(38)39)42-36(46)43-22-16-26(24-44)17-23-43/h7-10,13,26,29,31-34,44H,5-6,11-12,14-24H2,1-4H3,(H,42,46). The van der Waals surface area contributed by atoms with Gasteiger partial charge < -0.3 is 20.1 Å². The fourth-order valence-electron chi connectivity index (χ4n) is 13.0. The Morgan fingerprint density at radius 1 is 0.915 bits per heavy atom. The first-order valence-corrected chi connectivity index (χ1v) is 18.6. The number of nitrogens with one attached hydrogen (secondary N) is 1. The normalized spacial score (nSPS) is 39.3. The van der Waals surface area contributed by atoms with Gasteiger partial charge in [0.05, 0.1) is 5.56 Å². The highest BCUT2D eigenvalue weighted by Gasteiger charge is 2.65. The fraction of sp³-hybridized carbons (Fsp3) is 0.725. The van der Waals surface area contributed by atoms with Crippen molar-refractivity contribution in [2.75, 3.05) is 19.7 Å². The van der Waals surface area contributed by atoms with Crippen molar-refractivity contribution in [3.63, 3.8) is 0 Å². The first-order valence-electron chi connectivity index (χ1n) is 18.6. The van der Waals surface area contributed by atoms with Crippen LogP contribution in [0.1, 0.15) is 121 Å². The van der Waals surface area contributed by atoms with Crippen LogP contribution in [0.3, 0.4) is 0 Å². The van der Waals surface area contributed by atoms with E-state index in [4.69, 9.17) is 5.26 Å². The lowest BCUT2D eigenvalue weighted by Crippen LogP contribution is -2.65. The maximum atomic E-state index is 13.6. The zero-order valence-corrected chi connectivity index (χ0v) is 29.0. The highest BCUT2D eigenvalue weighted by Crippen LogP contribution is 2.72. The minimum absolute atomic E-state index is 0.00293. The Morgan fingerprint density at radius 2 is 1.66 bits per heavy atom. The molecule has 1 aliphatic heterocycles. The number of nitriles is 1. The lowest BCUT2D eigenvalue weighted by molar-refractivity contribution is -0.172. The van der Waals surface area contributed by atoms with Crippen LogP contribution in [0.5, 0.6) is 0 Å². The second kappa shape index (κ2) is 11.9. The van der Waals surface area contributed by atoms with Gasteiger partial charge in [0.1, 0.15) is 0 Å². The molecule has 5 fully saturated rings. The van der Waals surface area contributed by atoms with Crippen LogP contribution in [0, 0.1) is 63.3 Å². The molecule has 0 aromatic heterocycles.